The molecule has 3 heterocycles. The molecule has 2 aromatic heterocycles. The van der Waals surface area contributed by atoms with Gasteiger partial charge in [0, 0.05) is 35.1 Å². The van der Waals surface area contributed by atoms with E-state index in [0.29, 0.717) is 18.0 Å². The number of nitrogens with zero attached hydrogens (tertiary/aromatic N) is 3. The van der Waals surface area contributed by atoms with Crippen LogP contribution < -0.4 is 0 Å². The van der Waals surface area contributed by atoms with Crippen molar-refractivity contribution in [1.29, 1.82) is 0 Å². The number of hydrogen-bond acceptors (Lipinski definition) is 6. The van der Waals surface area contributed by atoms with Crippen molar-refractivity contribution in [3.63, 3.8) is 0 Å². The minimum Gasteiger partial charge on any atom is -0.246 e. The van der Waals surface area contributed by atoms with Gasteiger partial charge in [0.15, 0.2) is 0 Å². The SMILES string of the molecule is Cc1csc(Cc2nc(-c3ccc(S(=O)(=O)N4CCCCC4)cc3)cs2)n1. The Labute approximate surface area is 167 Å². The fraction of sp³-hybridized carbons (Fsp3) is 0.368. The van der Waals surface area contributed by atoms with E-state index in [1.807, 2.05) is 29.8 Å². The monoisotopic (exact) mass is 419 g/mol. The molecule has 0 amide bonds. The number of hydrogen-bond donors (Lipinski definition) is 0. The maximum Gasteiger partial charge on any atom is 0.243 e. The zero-order chi connectivity index (χ0) is 18.9. The third-order valence-corrected chi connectivity index (χ3v) is 8.35. The number of sulfonamides is 1. The molecule has 0 saturated carbocycles. The summed E-state index contributed by atoms with van der Waals surface area (Å²) in [6.07, 6.45) is 3.73. The highest BCUT2D eigenvalue weighted by atomic mass is 32.2. The second-order valence-electron chi connectivity index (χ2n) is 6.68. The first-order valence-electron chi connectivity index (χ1n) is 8.98. The number of aromatic nitrogens is 2. The Morgan fingerprint density at radius 1 is 0.963 bits per heavy atom. The van der Waals surface area contributed by atoms with Crippen molar-refractivity contribution < 1.29 is 8.42 Å². The van der Waals surface area contributed by atoms with Gasteiger partial charge >= 0.3 is 0 Å². The van der Waals surface area contributed by atoms with Crippen molar-refractivity contribution in [2.75, 3.05) is 13.1 Å². The maximum absolute atomic E-state index is 12.8. The minimum atomic E-state index is -3.39. The summed E-state index contributed by atoms with van der Waals surface area (Å²) in [4.78, 5) is 9.54. The summed E-state index contributed by atoms with van der Waals surface area (Å²) in [5.41, 5.74) is 2.85. The number of benzene rings is 1. The van der Waals surface area contributed by atoms with E-state index in [0.717, 1.165) is 52.6 Å². The van der Waals surface area contributed by atoms with Crippen LogP contribution in [0.4, 0.5) is 0 Å². The van der Waals surface area contributed by atoms with Gasteiger partial charge in [-0.2, -0.15) is 4.31 Å². The lowest BCUT2D eigenvalue weighted by Crippen LogP contribution is -2.35. The minimum absolute atomic E-state index is 0.363. The molecular weight excluding hydrogens is 398 g/mol. The van der Waals surface area contributed by atoms with Crippen molar-refractivity contribution in [3.8, 4) is 11.3 Å². The second-order valence-corrected chi connectivity index (χ2v) is 10.5. The molecule has 1 saturated heterocycles. The second kappa shape index (κ2) is 7.79. The molecule has 8 heteroatoms. The van der Waals surface area contributed by atoms with Gasteiger partial charge in [0.1, 0.15) is 5.01 Å². The van der Waals surface area contributed by atoms with Crippen LogP contribution in [0.5, 0.6) is 0 Å². The topological polar surface area (TPSA) is 63.2 Å². The van der Waals surface area contributed by atoms with Crippen LogP contribution in [-0.2, 0) is 16.4 Å². The Kier molecular flexibility index (Phi) is 5.41. The van der Waals surface area contributed by atoms with Crippen molar-refractivity contribution in [3.05, 3.63) is 50.7 Å². The summed E-state index contributed by atoms with van der Waals surface area (Å²) in [7, 11) is -3.39. The molecule has 3 aromatic rings. The molecule has 0 bridgehead atoms. The molecule has 0 atom stereocenters. The van der Waals surface area contributed by atoms with Gasteiger partial charge in [-0.05, 0) is 31.9 Å². The predicted octanol–water partition coefficient (Wildman–Crippen LogP) is 4.34. The van der Waals surface area contributed by atoms with Gasteiger partial charge in [0.2, 0.25) is 10.0 Å². The third kappa shape index (κ3) is 4.13. The zero-order valence-corrected chi connectivity index (χ0v) is 17.5. The van der Waals surface area contributed by atoms with Crippen molar-refractivity contribution in [2.24, 2.45) is 0 Å². The van der Waals surface area contributed by atoms with Crippen molar-refractivity contribution in [2.45, 2.75) is 37.5 Å². The lowest BCUT2D eigenvalue weighted by atomic mass is 10.2. The lowest BCUT2D eigenvalue weighted by molar-refractivity contribution is 0.346. The van der Waals surface area contributed by atoms with E-state index in [1.165, 1.54) is 0 Å². The van der Waals surface area contributed by atoms with E-state index in [4.69, 9.17) is 4.98 Å². The van der Waals surface area contributed by atoms with E-state index in [2.05, 4.69) is 4.98 Å². The Hall–Kier alpha value is -1.61. The summed E-state index contributed by atoms with van der Waals surface area (Å²) in [6.45, 7) is 3.23. The van der Waals surface area contributed by atoms with Gasteiger partial charge < -0.3 is 0 Å². The Balaban J connectivity index is 1.50. The highest BCUT2D eigenvalue weighted by Crippen LogP contribution is 2.27. The quantitative estimate of drug-likeness (QED) is 0.617. The van der Waals surface area contributed by atoms with Crippen molar-refractivity contribution >= 4 is 32.7 Å². The maximum atomic E-state index is 12.8. The first kappa shape index (κ1) is 18.7. The molecule has 1 aliphatic rings. The zero-order valence-electron chi connectivity index (χ0n) is 15.1. The van der Waals surface area contributed by atoms with Crippen LogP contribution in [0.15, 0.2) is 39.9 Å². The number of aryl methyl sites for hydroxylation is 1. The highest BCUT2D eigenvalue weighted by molar-refractivity contribution is 7.89. The first-order valence-corrected chi connectivity index (χ1v) is 12.2. The van der Waals surface area contributed by atoms with E-state index < -0.39 is 10.0 Å². The molecule has 5 nitrogen and oxygen atoms in total. The Morgan fingerprint density at radius 3 is 2.30 bits per heavy atom. The summed E-state index contributed by atoms with van der Waals surface area (Å²) >= 11 is 3.26. The molecule has 0 radical (unpaired) electrons. The van der Waals surface area contributed by atoms with Gasteiger partial charge in [-0.25, -0.2) is 18.4 Å². The number of thiazole rings is 2. The van der Waals surface area contributed by atoms with Gasteiger partial charge in [-0.3, -0.25) is 0 Å². The molecule has 0 aliphatic carbocycles. The molecule has 0 N–H and O–H groups in total. The predicted molar refractivity (Wildman–Crippen MR) is 110 cm³/mol. The van der Waals surface area contributed by atoms with Crippen molar-refractivity contribution in [1.82, 2.24) is 14.3 Å². The third-order valence-electron chi connectivity index (χ3n) is 4.62. The average molecular weight is 420 g/mol. The summed E-state index contributed by atoms with van der Waals surface area (Å²) in [5.74, 6) is 0. The largest absolute Gasteiger partial charge is 0.246 e. The highest BCUT2D eigenvalue weighted by Gasteiger charge is 2.25. The summed E-state index contributed by atoms with van der Waals surface area (Å²) in [5, 5.41) is 6.15. The van der Waals surface area contributed by atoms with E-state index in [1.54, 1.807) is 39.1 Å². The molecule has 0 unspecified atom stereocenters. The van der Waals surface area contributed by atoms with Gasteiger partial charge in [-0.15, -0.1) is 22.7 Å². The molecule has 4 rings (SSSR count). The summed E-state index contributed by atoms with van der Waals surface area (Å²) < 4.78 is 27.1. The van der Waals surface area contributed by atoms with Crippen LogP contribution in [0.3, 0.4) is 0 Å². The van der Waals surface area contributed by atoms with E-state index in [-0.39, 0.29) is 0 Å². The van der Waals surface area contributed by atoms with Gasteiger partial charge in [0.05, 0.1) is 22.0 Å². The van der Waals surface area contributed by atoms with Gasteiger partial charge in [0.25, 0.3) is 0 Å². The Morgan fingerprint density at radius 2 is 1.63 bits per heavy atom. The molecular formula is C19H21N3O2S3. The molecule has 27 heavy (non-hydrogen) atoms. The van der Waals surface area contributed by atoms with E-state index >= 15 is 0 Å². The molecule has 1 aliphatic heterocycles. The first-order chi connectivity index (χ1) is 13.0. The van der Waals surface area contributed by atoms with Crippen LogP contribution in [-0.4, -0.2) is 35.8 Å². The normalized spacial score (nSPS) is 15.9. The van der Waals surface area contributed by atoms with Crippen LogP contribution in [0.1, 0.15) is 35.0 Å². The van der Waals surface area contributed by atoms with E-state index in [9.17, 15) is 8.42 Å². The van der Waals surface area contributed by atoms with Crippen LogP contribution in [0.25, 0.3) is 11.3 Å². The molecule has 1 aromatic carbocycles. The average Bonchev–Trinajstić information content (AvgIpc) is 3.32. The summed E-state index contributed by atoms with van der Waals surface area (Å²) in [6, 6.07) is 7.09. The van der Waals surface area contributed by atoms with Gasteiger partial charge in [-0.1, -0.05) is 18.6 Å². The molecule has 0 spiro atoms. The standard InChI is InChI=1S/C19H21N3O2S3/c1-14-12-25-18(20-14)11-19-21-17(13-26-19)15-5-7-16(8-6-15)27(23,24)22-9-3-2-4-10-22/h5-8,12-13H,2-4,9-11H2,1H3. The van der Waals surface area contributed by atoms with Crippen LogP contribution in [0, 0.1) is 6.92 Å². The smallest absolute Gasteiger partial charge is 0.243 e. The Bertz CT molecular complexity index is 1020. The number of rotatable bonds is 5. The van der Waals surface area contributed by atoms with Crippen LogP contribution in [0.2, 0.25) is 0 Å². The molecule has 142 valence electrons. The fourth-order valence-corrected chi connectivity index (χ4v) is 6.38. The number of piperidine rings is 1. The fourth-order valence-electron chi connectivity index (χ4n) is 3.19. The lowest BCUT2D eigenvalue weighted by Gasteiger charge is -2.25. The molecule has 1 fully saturated rings. The van der Waals surface area contributed by atoms with Crippen LogP contribution >= 0.6 is 22.7 Å².